The third-order valence-corrected chi connectivity index (χ3v) is 6.73. The van der Waals surface area contributed by atoms with Crippen LogP contribution in [0.25, 0.3) is 0 Å². The number of aromatic nitrogens is 2. The van der Waals surface area contributed by atoms with Crippen molar-refractivity contribution in [3.05, 3.63) is 59.9 Å². The first-order chi connectivity index (χ1) is 14.4. The summed E-state index contributed by atoms with van der Waals surface area (Å²) in [6.07, 6.45) is 0.603. The topological polar surface area (TPSA) is 93.7 Å². The van der Waals surface area contributed by atoms with Crippen molar-refractivity contribution in [2.45, 2.75) is 11.3 Å². The standard InChI is InChI=1S/C20H24N4O4S2/c1-24(12-11-21-30(25,26)18-9-7-16(27-2)8-10-18)20-22-19(23-29-20)14-15-5-4-6-17(13-15)28-3/h4-10,13,21H,11-12,14H2,1-3H3. The van der Waals surface area contributed by atoms with Crippen molar-refractivity contribution in [3.8, 4) is 11.5 Å². The van der Waals surface area contributed by atoms with Gasteiger partial charge in [-0.2, -0.15) is 4.37 Å². The Morgan fingerprint density at radius 3 is 2.50 bits per heavy atom. The number of hydrogen-bond acceptors (Lipinski definition) is 8. The number of ether oxygens (including phenoxy) is 2. The van der Waals surface area contributed by atoms with Crippen LogP contribution in [0.4, 0.5) is 5.13 Å². The number of rotatable bonds is 10. The molecule has 0 saturated heterocycles. The molecule has 0 radical (unpaired) electrons. The van der Waals surface area contributed by atoms with Gasteiger partial charge in [-0.3, -0.25) is 0 Å². The van der Waals surface area contributed by atoms with Gasteiger partial charge in [0.05, 0.1) is 19.1 Å². The zero-order chi connectivity index (χ0) is 21.6. The Morgan fingerprint density at radius 1 is 1.07 bits per heavy atom. The fraction of sp³-hybridized carbons (Fsp3) is 0.300. The van der Waals surface area contributed by atoms with Gasteiger partial charge in [0, 0.05) is 38.1 Å². The van der Waals surface area contributed by atoms with Crippen LogP contribution < -0.4 is 19.1 Å². The van der Waals surface area contributed by atoms with Crippen molar-refractivity contribution in [3.63, 3.8) is 0 Å². The summed E-state index contributed by atoms with van der Waals surface area (Å²) in [4.78, 5) is 6.63. The number of benzene rings is 2. The van der Waals surface area contributed by atoms with Crippen LogP contribution in [-0.4, -0.2) is 52.1 Å². The van der Waals surface area contributed by atoms with Crippen molar-refractivity contribution in [2.24, 2.45) is 0 Å². The van der Waals surface area contributed by atoms with Crippen LogP contribution in [0, 0.1) is 0 Å². The summed E-state index contributed by atoms with van der Waals surface area (Å²) in [7, 11) is 1.45. The Hall–Kier alpha value is -2.69. The number of sulfonamides is 1. The minimum absolute atomic E-state index is 0.197. The van der Waals surface area contributed by atoms with E-state index in [1.807, 2.05) is 36.2 Å². The zero-order valence-electron chi connectivity index (χ0n) is 17.0. The van der Waals surface area contributed by atoms with E-state index in [0.29, 0.717) is 24.5 Å². The number of methoxy groups -OCH3 is 2. The van der Waals surface area contributed by atoms with Crippen molar-refractivity contribution >= 4 is 26.7 Å². The summed E-state index contributed by atoms with van der Waals surface area (Å²) >= 11 is 1.29. The second-order valence-electron chi connectivity index (χ2n) is 6.52. The molecule has 1 N–H and O–H groups in total. The minimum atomic E-state index is -3.58. The average Bonchev–Trinajstić information content (AvgIpc) is 3.22. The molecule has 0 unspecified atom stereocenters. The van der Waals surface area contributed by atoms with Crippen LogP contribution in [0.5, 0.6) is 11.5 Å². The molecule has 0 amide bonds. The molecular formula is C20H24N4O4S2. The van der Waals surface area contributed by atoms with Gasteiger partial charge in [-0.15, -0.1) is 0 Å². The van der Waals surface area contributed by atoms with Gasteiger partial charge in [-0.05, 0) is 42.0 Å². The first-order valence-corrected chi connectivity index (χ1v) is 11.5. The third-order valence-electron chi connectivity index (χ3n) is 4.39. The number of likely N-dealkylation sites (N-methyl/N-ethyl adjacent to an activating group) is 1. The monoisotopic (exact) mass is 448 g/mol. The number of hydrogen-bond donors (Lipinski definition) is 1. The van der Waals surface area contributed by atoms with Gasteiger partial charge in [0.2, 0.25) is 15.2 Å². The van der Waals surface area contributed by atoms with Gasteiger partial charge < -0.3 is 14.4 Å². The molecule has 0 atom stereocenters. The largest absolute Gasteiger partial charge is 0.497 e. The highest BCUT2D eigenvalue weighted by Gasteiger charge is 2.15. The minimum Gasteiger partial charge on any atom is -0.497 e. The van der Waals surface area contributed by atoms with Gasteiger partial charge in [0.25, 0.3) is 0 Å². The summed E-state index contributed by atoms with van der Waals surface area (Å²) in [5.41, 5.74) is 1.06. The van der Waals surface area contributed by atoms with Crippen molar-refractivity contribution in [1.82, 2.24) is 14.1 Å². The Morgan fingerprint density at radius 2 is 1.80 bits per heavy atom. The molecule has 0 bridgehead atoms. The Bertz CT molecular complexity index is 1070. The molecule has 8 nitrogen and oxygen atoms in total. The molecule has 2 aromatic carbocycles. The number of nitrogens with zero attached hydrogens (tertiary/aromatic N) is 3. The lowest BCUT2D eigenvalue weighted by Gasteiger charge is -2.15. The maximum absolute atomic E-state index is 12.4. The number of nitrogens with one attached hydrogen (secondary N) is 1. The van der Waals surface area contributed by atoms with Crippen molar-refractivity contribution in [2.75, 3.05) is 39.3 Å². The van der Waals surface area contributed by atoms with E-state index in [1.54, 1.807) is 19.2 Å². The highest BCUT2D eigenvalue weighted by molar-refractivity contribution is 7.89. The molecule has 0 spiro atoms. The molecule has 0 aliphatic carbocycles. The summed E-state index contributed by atoms with van der Waals surface area (Å²) in [6.45, 7) is 0.707. The Balaban J connectivity index is 1.54. The van der Waals surface area contributed by atoms with Crippen molar-refractivity contribution in [1.29, 1.82) is 0 Å². The molecule has 30 heavy (non-hydrogen) atoms. The molecular weight excluding hydrogens is 424 g/mol. The quantitative estimate of drug-likeness (QED) is 0.509. The SMILES string of the molecule is COc1ccc(S(=O)(=O)NCCN(C)c2nc(Cc3cccc(OC)c3)ns2)cc1. The molecule has 1 heterocycles. The molecule has 3 rings (SSSR count). The third kappa shape index (κ3) is 5.68. The maximum atomic E-state index is 12.4. The second-order valence-corrected chi connectivity index (χ2v) is 9.01. The smallest absolute Gasteiger partial charge is 0.240 e. The van der Waals surface area contributed by atoms with Gasteiger partial charge in [-0.25, -0.2) is 18.1 Å². The van der Waals surface area contributed by atoms with Gasteiger partial charge in [0.15, 0.2) is 0 Å². The van der Waals surface area contributed by atoms with E-state index in [0.717, 1.165) is 16.4 Å². The van der Waals surface area contributed by atoms with E-state index in [9.17, 15) is 8.42 Å². The molecule has 160 valence electrons. The average molecular weight is 449 g/mol. The number of anilines is 1. The molecule has 1 aromatic heterocycles. The van der Waals surface area contributed by atoms with Crippen LogP contribution in [0.2, 0.25) is 0 Å². The first kappa shape index (κ1) is 22.0. The molecule has 0 saturated carbocycles. The lowest BCUT2D eigenvalue weighted by atomic mass is 10.1. The van der Waals surface area contributed by atoms with Crippen LogP contribution in [0.1, 0.15) is 11.4 Å². The Kier molecular flexibility index (Phi) is 7.24. The van der Waals surface area contributed by atoms with E-state index in [-0.39, 0.29) is 11.4 Å². The molecule has 0 fully saturated rings. The fourth-order valence-electron chi connectivity index (χ4n) is 2.72. The zero-order valence-corrected chi connectivity index (χ0v) is 18.7. The molecule has 3 aromatic rings. The highest BCUT2D eigenvalue weighted by Crippen LogP contribution is 2.20. The molecule has 0 aliphatic heterocycles. The summed E-state index contributed by atoms with van der Waals surface area (Å²) < 4.78 is 42.1. The van der Waals surface area contributed by atoms with Crippen molar-refractivity contribution < 1.29 is 17.9 Å². The second kappa shape index (κ2) is 9.88. The van der Waals surface area contributed by atoms with Crippen LogP contribution in [0.15, 0.2) is 53.4 Å². The van der Waals surface area contributed by atoms with E-state index in [2.05, 4.69) is 14.1 Å². The van der Waals surface area contributed by atoms with Crippen LogP contribution in [-0.2, 0) is 16.4 Å². The first-order valence-electron chi connectivity index (χ1n) is 9.21. The lowest BCUT2D eigenvalue weighted by molar-refractivity contribution is 0.414. The van der Waals surface area contributed by atoms with E-state index in [4.69, 9.17) is 9.47 Å². The predicted octanol–water partition coefficient (Wildman–Crippen LogP) is 2.56. The van der Waals surface area contributed by atoms with E-state index < -0.39 is 10.0 Å². The summed E-state index contributed by atoms with van der Waals surface area (Å²) in [5, 5.41) is 0.733. The highest BCUT2D eigenvalue weighted by atomic mass is 32.2. The Labute approximate surface area is 180 Å². The molecule has 10 heteroatoms. The maximum Gasteiger partial charge on any atom is 0.240 e. The normalized spacial score (nSPS) is 11.3. The van der Waals surface area contributed by atoms with Crippen LogP contribution >= 0.6 is 11.5 Å². The van der Waals surface area contributed by atoms with Gasteiger partial charge >= 0.3 is 0 Å². The van der Waals surface area contributed by atoms with E-state index >= 15 is 0 Å². The lowest BCUT2D eigenvalue weighted by Crippen LogP contribution is -2.33. The van der Waals surface area contributed by atoms with Crippen LogP contribution in [0.3, 0.4) is 0 Å². The summed E-state index contributed by atoms with van der Waals surface area (Å²) in [6, 6.07) is 14.0. The van der Waals surface area contributed by atoms with Gasteiger partial charge in [0.1, 0.15) is 17.3 Å². The summed E-state index contributed by atoms with van der Waals surface area (Å²) in [5.74, 6) is 2.12. The van der Waals surface area contributed by atoms with Gasteiger partial charge in [-0.1, -0.05) is 12.1 Å². The van der Waals surface area contributed by atoms with E-state index in [1.165, 1.54) is 30.8 Å². The predicted molar refractivity (Wildman–Crippen MR) is 117 cm³/mol. The molecule has 0 aliphatic rings. The fourth-order valence-corrected chi connectivity index (χ4v) is 4.41.